The van der Waals surface area contributed by atoms with Crippen LogP contribution in [0.15, 0.2) is 66.7 Å². The van der Waals surface area contributed by atoms with E-state index in [-0.39, 0.29) is 5.91 Å². The van der Waals surface area contributed by atoms with Gasteiger partial charge in [-0.05, 0) is 42.7 Å². The van der Waals surface area contributed by atoms with Gasteiger partial charge in [-0.15, -0.1) is 0 Å². The Kier molecular flexibility index (Phi) is 5.72. The highest BCUT2D eigenvalue weighted by Gasteiger charge is 2.35. The summed E-state index contributed by atoms with van der Waals surface area (Å²) in [4.78, 5) is 13.4. The summed E-state index contributed by atoms with van der Waals surface area (Å²) >= 11 is 0. The number of carbonyl (C=O) groups excluding carboxylic acids is 1. The van der Waals surface area contributed by atoms with Crippen LogP contribution in [0, 0.1) is 5.92 Å². The second-order valence-electron chi connectivity index (χ2n) is 8.79. The second kappa shape index (κ2) is 8.43. The van der Waals surface area contributed by atoms with Crippen molar-refractivity contribution in [3.63, 3.8) is 0 Å². The molecule has 2 aromatic carbocycles. The summed E-state index contributed by atoms with van der Waals surface area (Å²) in [6.45, 7) is 8.76. The maximum absolute atomic E-state index is 13.4. The van der Waals surface area contributed by atoms with Crippen LogP contribution in [0.25, 0.3) is 16.8 Å². The normalized spacial score (nSPS) is 19.0. The third-order valence-electron chi connectivity index (χ3n) is 6.34. The first kappa shape index (κ1) is 20.3. The van der Waals surface area contributed by atoms with Gasteiger partial charge in [0.2, 0.25) is 0 Å². The molecule has 0 bridgehead atoms. The van der Waals surface area contributed by atoms with Crippen LogP contribution in [0.3, 0.4) is 0 Å². The molecule has 3 nitrogen and oxygen atoms in total. The van der Waals surface area contributed by atoms with Gasteiger partial charge in [0, 0.05) is 23.1 Å². The molecule has 154 valence electrons. The number of carbonyl (C=O) groups is 1. The average molecular weight is 399 g/mol. The fraction of sp³-hybridized carbons (Fsp3) is 0.333. The predicted molar refractivity (Wildman–Crippen MR) is 124 cm³/mol. The van der Waals surface area contributed by atoms with Gasteiger partial charge < -0.3 is 0 Å². The lowest BCUT2D eigenvalue weighted by Crippen LogP contribution is -2.23. The van der Waals surface area contributed by atoms with E-state index in [0.29, 0.717) is 17.8 Å². The first-order valence-electron chi connectivity index (χ1n) is 10.9. The van der Waals surface area contributed by atoms with E-state index < -0.39 is 0 Å². The standard InChI is InChI=1S/C27H30N2O/c1-18(2)23-16-15-19(3)25-26(22-13-9-6-10-14-22)28-29(27(23)25)24(30)17-20(4)21-11-7-5-8-12-21/h5-14,17-19,23H,15-16H2,1-4H3/b20-17-/t19-,23+/m1/s1. The third-order valence-corrected chi connectivity index (χ3v) is 6.34. The van der Waals surface area contributed by atoms with Gasteiger partial charge in [-0.1, -0.05) is 81.4 Å². The van der Waals surface area contributed by atoms with Gasteiger partial charge in [0.05, 0.1) is 11.4 Å². The predicted octanol–water partition coefficient (Wildman–Crippen LogP) is 6.93. The molecule has 0 aliphatic heterocycles. The van der Waals surface area contributed by atoms with E-state index in [4.69, 9.17) is 5.10 Å². The minimum atomic E-state index is -0.0606. The number of hydrogen-bond donors (Lipinski definition) is 0. The zero-order valence-electron chi connectivity index (χ0n) is 18.3. The van der Waals surface area contributed by atoms with Crippen molar-refractivity contribution in [3.8, 4) is 11.3 Å². The van der Waals surface area contributed by atoms with E-state index >= 15 is 0 Å². The molecule has 0 radical (unpaired) electrons. The van der Waals surface area contributed by atoms with Gasteiger partial charge in [0.1, 0.15) is 0 Å². The molecular formula is C27H30N2O. The van der Waals surface area contributed by atoms with Gasteiger partial charge in [-0.3, -0.25) is 4.79 Å². The Bertz CT molecular complexity index is 1060. The molecule has 4 rings (SSSR count). The highest BCUT2D eigenvalue weighted by atomic mass is 16.2. The maximum atomic E-state index is 13.4. The number of allylic oxidation sites excluding steroid dienone is 2. The first-order valence-corrected chi connectivity index (χ1v) is 10.9. The minimum absolute atomic E-state index is 0.0606. The monoisotopic (exact) mass is 398 g/mol. The average Bonchev–Trinajstić information content (AvgIpc) is 3.16. The Labute approximate surface area is 179 Å². The molecule has 0 amide bonds. The van der Waals surface area contributed by atoms with Crippen LogP contribution in [0.5, 0.6) is 0 Å². The van der Waals surface area contributed by atoms with Crippen molar-refractivity contribution in [2.75, 3.05) is 0 Å². The lowest BCUT2D eigenvalue weighted by Gasteiger charge is -2.30. The van der Waals surface area contributed by atoms with Crippen molar-refractivity contribution in [3.05, 3.63) is 83.6 Å². The van der Waals surface area contributed by atoms with Gasteiger partial charge in [-0.25, -0.2) is 4.68 Å². The summed E-state index contributed by atoms with van der Waals surface area (Å²) < 4.78 is 1.70. The molecule has 0 fully saturated rings. The zero-order valence-corrected chi connectivity index (χ0v) is 18.3. The summed E-state index contributed by atoms with van der Waals surface area (Å²) in [5.74, 6) is 1.14. The van der Waals surface area contributed by atoms with E-state index in [0.717, 1.165) is 40.9 Å². The van der Waals surface area contributed by atoms with Crippen LogP contribution >= 0.6 is 0 Å². The SMILES string of the molecule is C/C(=C/C(=O)n1nc(-c2ccccc2)c2c1[C@H](C(C)C)CC[C@H]2C)c1ccccc1. The van der Waals surface area contributed by atoms with Crippen LogP contribution in [0.1, 0.15) is 74.0 Å². The van der Waals surface area contributed by atoms with Gasteiger partial charge in [0.15, 0.2) is 0 Å². The Hall–Kier alpha value is -2.94. The molecule has 30 heavy (non-hydrogen) atoms. The third kappa shape index (κ3) is 3.77. The number of nitrogens with zero attached hydrogens (tertiary/aromatic N) is 2. The largest absolute Gasteiger partial charge is 0.271 e. The molecule has 1 heterocycles. The summed E-state index contributed by atoms with van der Waals surface area (Å²) in [7, 11) is 0. The molecule has 1 aliphatic carbocycles. The van der Waals surface area contributed by atoms with Crippen LogP contribution in [-0.2, 0) is 0 Å². The number of benzene rings is 2. The molecular weight excluding hydrogens is 368 g/mol. The number of aromatic nitrogens is 2. The van der Waals surface area contributed by atoms with E-state index in [2.05, 4.69) is 32.9 Å². The van der Waals surface area contributed by atoms with Crippen molar-refractivity contribution in [2.24, 2.45) is 5.92 Å². The van der Waals surface area contributed by atoms with Crippen LogP contribution in [0.2, 0.25) is 0 Å². The fourth-order valence-corrected chi connectivity index (χ4v) is 4.65. The molecule has 0 spiro atoms. The van der Waals surface area contributed by atoms with Crippen molar-refractivity contribution in [1.29, 1.82) is 0 Å². The molecule has 3 heteroatoms. The van der Waals surface area contributed by atoms with E-state index in [1.54, 1.807) is 10.8 Å². The fourth-order valence-electron chi connectivity index (χ4n) is 4.65. The van der Waals surface area contributed by atoms with Crippen LogP contribution < -0.4 is 0 Å². The van der Waals surface area contributed by atoms with Crippen LogP contribution in [0.4, 0.5) is 0 Å². The first-order chi connectivity index (χ1) is 14.5. The van der Waals surface area contributed by atoms with E-state index in [1.165, 1.54) is 5.56 Å². The molecule has 2 atom stereocenters. The Morgan fingerprint density at radius 3 is 2.30 bits per heavy atom. The summed E-state index contributed by atoms with van der Waals surface area (Å²) in [5.41, 5.74) is 6.43. The molecule has 0 saturated carbocycles. The van der Waals surface area contributed by atoms with Gasteiger partial charge >= 0.3 is 0 Å². The molecule has 1 aliphatic rings. The highest BCUT2D eigenvalue weighted by Crippen LogP contribution is 2.46. The Balaban J connectivity index is 1.86. The van der Waals surface area contributed by atoms with Crippen LogP contribution in [-0.4, -0.2) is 15.7 Å². The van der Waals surface area contributed by atoms with Crippen molar-refractivity contribution in [1.82, 2.24) is 9.78 Å². The van der Waals surface area contributed by atoms with E-state index in [1.807, 2.05) is 55.5 Å². The zero-order chi connectivity index (χ0) is 21.3. The smallest absolute Gasteiger partial charge is 0.267 e. The Morgan fingerprint density at radius 2 is 1.67 bits per heavy atom. The van der Waals surface area contributed by atoms with E-state index in [9.17, 15) is 4.79 Å². The number of fused-ring (bicyclic) bond motifs is 1. The topological polar surface area (TPSA) is 34.9 Å². The van der Waals surface area contributed by atoms with Crippen molar-refractivity contribution in [2.45, 2.75) is 52.4 Å². The number of rotatable bonds is 4. The second-order valence-corrected chi connectivity index (χ2v) is 8.79. The molecule has 0 saturated heterocycles. The molecule has 0 N–H and O–H groups in total. The lowest BCUT2D eigenvalue weighted by molar-refractivity contribution is 0.0947. The molecule has 1 aromatic heterocycles. The minimum Gasteiger partial charge on any atom is -0.267 e. The summed E-state index contributed by atoms with van der Waals surface area (Å²) in [5, 5.41) is 4.91. The summed E-state index contributed by atoms with van der Waals surface area (Å²) in [6, 6.07) is 20.3. The molecule has 3 aromatic rings. The Morgan fingerprint density at radius 1 is 1.03 bits per heavy atom. The quantitative estimate of drug-likeness (QED) is 0.447. The van der Waals surface area contributed by atoms with Crippen molar-refractivity contribution >= 4 is 11.5 Å². The highest BCUT2D eigenvalue weighted by molar-refractivity contribution is 5.97. The number of hydrogen-bond acceptors (Lipinski definition) is 2. The summed E-state index contributed by atoms with van der Waals surface area (Å²) in [6.07, 6.45) is 3.96. The lowest BCUT2D eigenvalue weighted by atomic mass is 9.75. The molecule has 0 unspecified atom stereocenters. The van der Waals surface area contributed by atoms with Gasteiger partial charge in [-0.2, -0.15) is 5.10 Å². The van der Waals surface area contributed by atoms with Gasteiger partial charge in [0.25, 0.3) is 5.91 Å². The van der Waals surface area contributed by atoms with Crippen molar-refractivity contribution < 1.29 is 4.79 Å². The maximum Gasteiger partial charge on any atom is 0.271 e.